The van der Waals surface area contributed by atoms with E-state index in [1.54, 1.807) is 37.3 Å². The Labute approximate surface area is 190 Å². The Bertz CT molecular complexity index is 1280. The lowest BCUT2D eigenvalue weighted by Crippen LogP contribution is -2.25. The second-order valence-electron chi connectivity index (χ2n) is 8.00. The number of anilines is 2. The normalized spacial score (nSPS) is 13.0. The fourth-order valence-electron chi connectivity index (χ4n) is 3.54. The largest absolute Gasteiger partial charge is 0.481 e. The number of carboxylic acid groups (broad SMARTS) is 1. The van der Waals surface area contributed by atoms with E-state index in [1.807, 2.05) is 42.5 Å². The summed E-state index contributed by atoms with van der Waals surface area (Å²) in [7, 11) is 0. The van der Waals surface area contributed by atoms with Crippen LogP contribution >= 0.6 is 11.3 Å². The summed E-state index contributed by atoms with van der Waals surface area (Å²) in [6.45, 7) is 5.28. The van der Waals surface area contributed by atoms with Crippen molar-refractivity contribution in [3.63, 3.8) is 0 Å². The lowest BCUT2D eigenvalue weighted by molar-refractivity contribution is -0.142. The Kier molecular flexibility index (Phi) is 6.06. The van der Waals surface area contributed by atoms with Crippen molar-refractivity contribution in [3.05, 3.63) is 77.9 Å². The zero-order valence-electron chi connectivity index (χ0n) is 18.1. The van der Waals surface area contributed by atoms with Crippen molar-refractivity contribution in [1.82, 2.24) is 4.98 Å². The highest BCUT2D eigenvalue weighted by atomic mass is 32.1. The van der Waals surface area contributed by atoms with Crippen LogP contribution in [0.15, 0.2) is 66.7 Å². The average molecular weight is 445 g/mol. The summed E-state index contributed by atoms with van der Waals surface area (Å²) in [5, 5.41) is 13.4. The number of rotatable bonds is 7. The van der Waals surface area contributed by atoms with Crippen LogP contribution in [-0.4, -0.2) is 21.8 Å². The van der Waals surface area contributed by atoms with Crippen molar-refractivity contribution < 1.29 is 14.7 Å². The molecule has 1 heterocycles. The molecule has 1 aromatic heterocycles. The number of hydrogen-bond donors (Lipinski definition) is 2. The maximum atomic E-state index is 12.6. The Balaban J connectivity index is 1.47. The number of nitrogens with one attached hydrogen (secondary N) is 1. The summed E-state index contributed by atoms with van der Waals surface area (Å²) in [5.74, 6) is -2.41. The molecule has 4 aromatic rings. The van der Waals surface area contributed by atoms with Gasteiger partial charge in [-0.1, -0.05) is 73.7 Å². The number of ketones is 1. The molecule has 32 heavy (non-hydrogen) atoms. The molecule has 4 rings (SSSR count). The van der Waals surface area contributed by atoms with Crippen molar-refractivity contribution in [1.29, 1.82) is 0 Å². The smallest absolute Gasteiger partial charge is 0.306 e. The van der Waals surface area contributed by atoms with Gasteiger partial charge in [-0.2, -0.15) is 0 Å². The molecule has 5 nitrogen and oxygen atoms in total. The van der Waals surface area contributed by atoms with Crippen LogP contribution in [0.2, 0.25) is 0 Å². The molecule has 3 aromatic carbocycles. The number of fused-ring (bicyclic) bond motifs is 1. The Morgan fingerprint density at radius 1 is 0.906 bits per heavy atom. The molecule has 2 atom stereocenters. The fraction of sp³-hybridized carbons (Fsp3) is 0.192. The van der Waals surface area contributed by atoms with Crippen LogP contribution in [0.1, 0.15) is 29.8 Å². The molecule has 0 spiro atoms. The number of aryl methyl sites for hydroxylation is 1. The molecule has 0 radical (unpaired) electrons. The number of para-hydroxylation sites is 1. The molecule has 0 saturated carbocycles. The number of aliphatic carboxylic acids is 1. The SMILES string of the molecule is Cc1cccc2sc(Nc3ccc(-c4ccc(C(=O)C(C)[C@@H](C)C(=O)O)cc4)cc3)nc12. The highest BCUT2D eigenvalue weighted by Crippen LogP contribution is 2.31. The Hall–Kier alpha value is -3.51. The summed E-state index contributed by atoms with van der Waals surface area (Å²) in [4.78, 5) is 28.4. The van der Waals surface area contributed by atoms with E-state index < -0.39 is 17.8 Å². The Morgan fingerprint density at radius 3 is 2.12 bits per heavy atom. The summed E-state index contributed by atoms with van der Waals surface area (Å²) < 4.78 is 1.16. The van der Waals surface area contributed by atoms with Gasteiger partial charge in [0, 0.05) is 17.2 Å². The van der Waals surface area contributed by atoms with E-state index in [0.717, 1.165) is 37.7 Å². The zero-order valence-corrected chi connectivity index (χ0v) is 18.9. The first-order valence-corrected chi connectivity index (χ1v) is 11.3. The van der Waals surface area contributed by atoms with Crippen LogP contribution in [0.4, 0.5) is 10.8 Å². The van der Waals surface area contributed by atoms with E-state index in [2.05, 4.69) is 24.4 Å². The molecular weight excluding hydrogens is 420 g/mol. The first kappa shape index (κ1) is 21.7. The lowest BCUT2D eigenvalue weighted by atomic mass is 9.88. The molecule has 0 fully saturated rings. The summed E-state index contributed by atoms with van der Waals surface area (Å²) in [6, 6.07) is 21.5. The van der Waals surface area contributed by atoms with Gasteiger partial charge in [0.2, 0.25) is 0 Å². The third-order valence-corrected chi connectivity index (χ3v) is 6.75. The highest BCUT2D eigenvalue weighted by molar-refractivity contribution is 7.22. The van der Waals surface area contributed by atoms with Crippen LogP contribution in [0.25, 0.3) is 21.3 Å². The van der Waals surface area contributed by atoms with Gasteiger partial charge in [0.25, 0.3) is 0 Å². The molecule has 6 heteroatoms. The zero-order chi connectivity index (χ0) is 22.8. The number of carboxylic acids is 1. The van der Waals surface area contributed by atoms with E-state index in [1.165, 1.54) is 0 Å². The van der Waals surface area contributed by atoms with Crippen molar-refractivity contribution in [2.24, 2.45) is 11.8 Å². The van der Waals surface area contributed by atoms with E-state index in [-0.39, 0.29) is 5.78 Å². The number of thiazole rings is 1. The number of benzene rings is 3. The van der Waals surface area contributed by atoms with E-state index in [4.69, 9.17) is 10.1 Å². The van der Waals surface area contributed by atoms with Gasteiger partial charge in [-0.15, -0.1) is 0 Å². The van der Waals surface area contributed by atoms with Crippen molar-refractivity contribution in [3.8, 4) is 11.1 Å². The van der Waals surface area contributed by atoms with Crippen LogP contribution in [0.3, 0.4) is 0 Å². The lowest BCUT2D eigenvalue weighted by Gasteiger charge is -2.15. The van der Waals surface area contributed by atoms with Crippen molar-refractivity contribution in [2.75, 3.05) is 5.32 Å². The highest BCUT2D eigenvalue weighted by Gasteiger charge is 2.26. The number of nitrogens with zero attached hydrogens (tertiary/aromatic N) is 1. The molecule has 1 unspecified atom stereocenters. The van der Waals surface area contributed by atoms with Crippen LogP contribution < -0.4 is 5.32 Å². The number of aromatic nitrogens is 1. The van der Waals surface area contributed by atoms with Crippen molar-refractivity contribution in [2.45, 2.75) is 20.8 Å². The van der Waals surface area contributed by atoms with Gasteiger partial charge in [0.1, 0.15) is 0 Å². The average Bonchev–Trinajstić information content (AvgIpc) is 3.22. The molecule has 0 aliphatic heterocycles. The summed E-state index contributed by atoms with van der Waals surface area (Å²) >= 11 is 1.63. The maximum absolute atomic E-state index is 12.6. The molecule has 0 aliphatic rings. The first-order chi connectivity index (χ1) is 15.3. The van der Waals surface area contributed by atoms with Gasteiger partial charge in [-0.3, -0.25) is 9.59 Å². The van der Waals surface area contributed by atoms with Gasteiger partial charge in [0.05, 0.1) is 16.1 Å². The number of carbonyl (C=O) groups is 2. The standard InChI is InChI=1S/C26H24N2O3S/c1-15-5-4-6-22-23(15)28-26(32-22)27-21-13-11-19(12-14-21)18-7-9-20(10-8-18)24(29)16(2)17(3)25(30)31/h4-14,16-17H,1-3H3,(H,27,28)(H,30,31)/t16?,17-/m1/s1. The second-order valence-corrected chi connectivity index (χ2v) is 9.03. The van der Waals surface area contributed by atoms with Gasteiger partial charge >= 0.3 is 5.97 Å². The van der Waals surface area contributed by atoms with Crippen LogP contribution in [0, 0.1) is 18.8 Å². The third kappa shape index (κ3) is 4.41. The molecule has 0 amide bonds. The third-order valence-electron chi connectivity index (χ3n) is 5.81. The number of Topliss-reactive ketones (excluding diaryl/α,β-unsaturated/α-hetero) is 1. The summed E-state index contributed by atoms with van der Waals surface area (Å²) in [5.41, 5.74) is 5.69. The van der Waals surface area contributed by atoms with E-state index in [0.29, 0.717) is 5.56 Å². The molecule has 162 valence electrons. The minimum atomic E-state index is -0.961. The molecule has 2 N–H and O–H groups in total. The Morgan fingerprint density at radius 2 is 1.53 bits per heavy atom. The van der Waals surface area contributed by atoms with Gasteiger partial charge in [-0.25, -0.2) is 4.98 Å². The van der Waals surface area contributed by atoms with Crippen LogP contribution in [0.5, 0.6) is 0 Å². The minimum Gasteiger partial charge on any atom is -0.481 e. The number of hydrogen-bond acceptors (Lipinski definition) is 5. The molecule has 0 aliphatic carbocycles. The predicted molar refractivity (Wildman–Crippen MR) is 130 cm³/mol. The monoisotopic (exact) mass is 444 g/mol. The van der Waals surface area contributed by atoms with E-state index >= 15 is 0 Å². The summed E-state index contributed by atoms with van der Waals surface area (Å²) in [6.07, 6.45) is 0. The minimum absolute atomic E-state index is 0.155. The van der Waals surface area contributed by atoms with Crippen LogP contribution in [-0.2, 0) is 4.79 Å². The van der Waals surface area contributed by atoms with Crippen molar-refractivity contribution >= 4 is 44.1 Å². The first-order valence-electron chi connectivity index (χ1n) is 10.4. The molecular formula is C26H24N2O3S. The van der Waals surface area contributed by atoms with Gasteiger partial charge in [0.15, 0.2) is 10.9 Å². The second kappa shape index (κ2) is 8.93. The predicted octanol–water partition coefficient (Wildman–Crippen LogP) is 6.55. The fourth-order valence-corrected chi connectivity index (χ4v) is 4.50. The maximum Gasteiger partial charge on any atom is 0.306 e. The topological polar surface area (TPSA) is 79.3 Å². The van der Waals surface area contributed by atoms with Gasteiger partial charge < -0.3 is 10.4 Å². The molecule has 0 bridgehead atoms. The molecule has 0 saturated heterocycles. The van der Waals surface area contributed by atoms with E-state index in [9.17, 15) is 9.59 Å². The quantitative estimate of drug-likeness (QED) is 0.316. The number of carbonyl (C=O) groups excluding carboxylic acids is 1. The van der Waals surface area contributed by atoms with Gasteiger partial charge in [-0.05, 0) is 41.8 Å².